The van der Waals surface area contributed by atoms with Gasteiger partial charge in [-0.25, -0.2) is 4.39 Å². The van der Waals surface area contributed by atoms with Crippen molar-refractivity contribution < 1.29 is 26.5 Å². The summed E-state index contributed by atoms with van der Waals surface area (Å²) in [5.41, 5.74) is 0.463. The van der Waals surface area contributed by atoms with E-state index in [2.05, 4.69) is 5.32 Å². The fraction of sp³-hybridized carbons (Fsp3) is 0.462. The minimum atomic E-state index is -3.80. The molecule has 0 saturated carbocycles. The van der Waals surface area contributed by atoms with Gasteiger partial charge in [0, 0.05) is 5.92 Å². The molecule has 1 aromatic carbocycles. The molecule has 0 aromatic heterocycles. The van der Waals surface area contributed by atoms with Gasteiger partial charge in [0.2, 0.25) is 0 Å². The number of rotatable bonds is 2. The summed E-state index contributed by atoms with van der Waals surface area (Å²) in [5, 5.41) is 2.02. The Morgan fingerprint density at radius 1 is 1.48 bits per heavy atom. The first-order valence-corrected chi connectivity index (χ1v) is 7.89. The highest BCUT2D eigenvalue weighted by atomic mass is 32.2. The fourth-order valence-electron chi connectivity index (χ4n) is 3.03. The highest BCUT2D eigenvalue weighted by Crippen LogP contribution is 2.42. The number of esters is 1. The molecule has 2 fully saturated rings. The Kier molecular flexibility index (Phi) is 3.46. The maximum atomic E-state index is 13.4. The van der Waals surface area contributed by atoms with E-state index in [1.807, 2.05) is 0 Å². The van der Waals surface area contributed by atoms with Crippen molar-refractivity contribution in [3.63, 3.8) is 0 Å². The Morgan fingerprint density at radius 3 is 2.90 bits per heavy atom. The van der Waals surface area contributed by atoms with E-state index in [0.717, 1.165) is 0 Å². The maximum absolute atomic E-state index is 13.4. The molecule has 4 atom stereocenters. The number of benzene rings is 1. The van der Waals surface area contributed by atoms with Crippen molar-refractivity contribution in [2.24, 2.45) is 5.92 Å². The molecule has 8 heteroatoms. The van der Waals surface area contributed by atoms with Gasteiger partial charge >= 0.3 is 5.97 Å². The third kappa shape index (κ3) is 2.33. The Balaban J connectivity index is 2.02. The van der Waals surface area contributed by atoms with E-state index in [4.69, 9.17) is 8.92 Å². The molecule has 0 radical (unpaired) electrons. The molecule has 2 aliphatic rings. The minimum Gasteiger partial charge on any atom is -0.468 e. The number of hydrogen-bond donors (Lipinski definition) is 1. The maximum Gasteiger partial charge on any atom is 0.323 e. The second kappa shape index (κ2) is 5.04. The van der Waals surface area contributed by atoms with Crippen LogP contribution < -0.4 is 5.32 Å². The molecule has 3 rings (SSSR count). The van der Waals surface area contributed by atoms with Crippen molar-refractivity contribution in [1.82, 2.24) is 5.32 Å². The van der Waals surface area contributed by atoms with E-state index < -0.39 is 45.2 Å². The largest absolute Gasteiger partial charge is 0.468 e. The lowest BCUT2D eigenvalue weighted by molar-refractivity contribution is -0.144. The molecule has 6 nitrogen and oxygen atoms in total. The number of fused-ring (bicyclic) bond motifs is 1. The summed E-state index contributed by atoms with van der Waals surface area (Å²) in [6, 6.07) is 4.14. The van der Waals surface area contributed by atoms with Crippen LogP contribution >= 0.6 is 0 Å². The van der Waals surface area contributed by atoms with E-state index in [1.54, 1.807) is 6.07 Å². The third-order valence-corrected chi connectivity index (χ3v) is 5.71. The van der Waals surface area contributed by atoms with Gasteiger partial charge in [-0.05, 0) is 17.7 Å². The van der Waals surface area contributed by atoms with E-state index in [9.17, 15) is 17.6 Å². The number of ether oxygens (including phenoxy) is 1. The lowest BCUT2D eigenvalue weighted by atomic mass is 9.96. The molecule has 1 aromatic rings. The van der Waals surface area contributed by atoms with Crippen LogP contribution in [0.15, 0.2) is 24.3 Å². The van der Waals surface area contributed by atoms with Gasteiger partial charge < -0.3 is 4.74 Å². The quantitative estimate of drug-likeness (QED) is 0.627. The zero-order valence-corrected chi connectivity index (χ0v) is 12.0. The third-order valence-electron chi connectivity index (χ3n) is 3.96. The average Bonchev–Trinajstić information content (AvgIpc) is 2.97. The van der Waals surface area contributed by atoms with Crippen LogP contribution in [0.3, 0.4) is 0 Å². The molecular formula is C13H14FNO5S. The van der Waals surface area contributed by atoms with Gasteiger partial charge in [0.25, 0.3) is 10.1 Å². The SMILES string of the molecule is COC(=O)[C@H]1N[C@@H](c2cccc(F)c2)[C@H]2[C@@H]1COS2(=O)=O. The summed E-state index contributed by atoms with van der Waals surface area (Å²) in [5.74, 6) is -1.57. The Bertz CT molecular complexity index is 677. The zero-order chi connectivity index (χ0) is 15.2. The van der Waals surface area contributed by atoms with Crippen LogP contribution in [0.2, 0.25) is 0 Å². The first-order valence-electron chi connectivity index (χ1n) is 6.41. The monoisotopic (exact) mass is 315 g/mol. The molecule has 21 heavy (non-hydrogen) atoms. The molecule has 1 N–H and O–H groups in total. The molecule has 2 aliphatic heterocycles. The number of carbonyl (C=O) groups excluding carboxylic acids is 1. The van der Waals surface area contributed by atoms with Gasteiger partial charge in [-0.1, -0.05) is 12.1 Å². The molecule has 0 bridgehead atoms. The van der Waals surface area contributed by atoms with Crippen LogP contribution in [0.1, 0.15) is 11.6 Å². The van der Waals surface area contributed by atoms with Gasteiger partial charge in [-0.2, -0.15) is 8.42 Å². The van der Waals surface area contributed by atoms with Gasteiger partial charge in [-0.3, -0.25) is 14.3 Å². The minimum absolute atomic E-state index is 0.0778. The van der Waals surface area contributed by atoms with Crippen LogP contribution in [-0.2, 0) is 23.8 Å². The topological polar surface area (TPSA) is 81.7 Å². The zero-order valence-electron chi connectivity index (χ0n) is 11.2. The first kappa shape index (κ1) is 14.4. The molecule has 114 valence electrons. The molecule has 2 saturated heterocycles. The van der Waals surface area contributed by atoms with Crippen LogP contribution in [-0.4, -0.2) is 39.4 Å². The molecule has 2 heterocycles. The normalized spacial score (nSPS) is 33.6. The summed E-state index contributed by atoms with van der Waals surface area (Å²) < 4.78 is 47.0. The lowest BCUT2D eigenvalue weighted by Gasteiger charge is -2.17. The first-order chi connectivity index (χ1) is 9.94. The van der Waals surface area contributed by atoms with Gasteiger partial charge in [0.15, 0.2) is 0 Å². The highest BCUT2D eigenvalue weighted by molar-refractivity contribution is 7.87. The predicted molar refractivity (Wildman–Crippen MR) is 70.2 cm³/mol. The second-order valence-corrected chi connectivity index (χ2v) is 6.87. The van der Waals surface area contributed by atoms with E-state index in [-0.39, 0.29) is 6.61 Å². The summed E-state index contributed by atoms with van der Waals surface area (Å²) in [7, 11) is -2.57. The number of nitrogens with one attached hydrogen (secondary N) is 1. The Labute approximate surface area is 121 Å². The van der Waals surface area contributed by atoms with Crippen molar-refractivity contribution in [2.45, 2.75) is 17.3 Å². The van der Waals surface area contributed by atoms with Crippen molar-refractivity contribution in [3.8, 4) is 0 Å². The summed E-state index contributed by atoms with van der Waals surface area (Å²) in [6.07, 6.45) is 0. The van der Waals surface area contributed by atoms with Crippen LogP contribution in [0, 0.1) is 11.7 Å². The molecule has 0 aliphatic carbocycles. The van der Waals surface area contributed by atoms with Crippen molar-refractivity contribution >= 4 is 16.1 Å². The molecule has 0 spiro atoms. The number of hydrogen-bond acceptors (Lipinski definition) is 6. The molecular weight excluding hydrogens is 301 g/mol. The van der Waals surface area contributed by atoms with Gasteiger partial charge in [-0.15, -0.1) is 0 Å². The van der Waals surface area contributed by atoms with Crippen molar-refractivity contribution in [2.75, 3.05) is 13.7 Å². The Hall–Kier alpha value is -1.51. The number of methoxy groups -OCH3 is 1. The number of halogens is 1. The standard InChI is InChI=1S/C13H14FNO5S/c1-19-13(16)11-9-6-20-21(17,18)12(9)10(15-11)7-3-2-4-8(14)5-7/h2-5,9-12,15H,6H2,1H3/t9-,10+,11+,12-/m1/s1. The Morgan fingerprint density at radius 2 is 2.24 bits per heavy atom. The lowest BCUT2D eigenvalue weighted by Crippen LogP contribution is -2.38. The summed E-state index contributed by atoms with van der Waals surface area (Å²) in [4.78, 5) is 11.8. The molecule has 0 unspecified atom stereocenters. The molecule has 0 amide bonds. The van der Waals surface area contributed by atoms with Crippen LogP contribution in [0.25, 0.3) is 0 Å². The van der Waals surface area contributed by atoms with E-state index in [1.165, 1.54) is 25.3 Å². The van der Waals surface area contributed by atoms with Gasteiger partial charge in [0.1, 0.15) is 17.1 Å². The van der Waals surface area contributed by atoms with Crippen LogP contribution in [0.5, 0.6) is 0 Å². The van der Waals surface area contributed by atoms with E-state index >= 15 is 0 Å². The van der Waals surface area contributed by atoms with Crippen LogP contribution in [0.4, 0.5) is 4.39 Å². The number of carbonyl (C=O) groups is 1. The van der Waals surface area contributed by atoms with Crippen molar-refractivity contribution in [1.29, 1.82) is 0 Å². The smallest absolute Gasteiger partial charge is 0.323 e. The summed E-state index contributed by atoms with van der Waals surface area (Å²) >= 11 is 0. The average molecular weight is 315 g/mol. The highest BCUT2D eigenvalue weighted by Gasteiger charge is 2.57. The predicted octanol–water partition coefficient (Wildman–Crippen LogP) is 0.356. The van der Waals surface area contributed by atoms with Crippen molar-refractivity contribution in [3.05, 3.63) is 35.6 Å². The fourth-order valence-corrected chi connectivity index (χ4v) is 4.77. The summed E-state index contributed by atoms with van der Waals surface area (Å²) in [6.45, 7) is -0.0778. The second-order valence-electron chi connectivity index (χ2n) is 5.11. The van der Waals surface area contributed by atoms with E-state index in [0.29, 0.717) is 5.56 Å². The van der Waals surface area contributed by atoms with Gasteiger partial charge in [0.05, 0.1) is 19.8 Å².